The predicted octanol–water partition coefficient (Wildman–Crippen LogP) is 2.02. The van der Waals surface area contributed by atoms with Crippen molar-refractivity contribution in [2.45, 2.75) is 13.8 Å². The number of nitrogens with one attached hydrogen (secondary N) is 1. The Kier molecular flexibility index (Phi) is 4.01. The van der Waals surface area contributed by atoms with Gasteiger partial charge in [-0.25, -0.2) is 4.39 Å². The van der Waals surface area contributed by atoms with E-state index in [0.717, 1.165) is 0 Å². The largest absolute Gasteiger partial charge is 0.351 e. The Hall–Kier alpha value is -1.89. The summed E-state index contributed by atoms with van der Waals surface area (Å²) in [4.78, 5) is 11.7. The molecule has 1 aromatic carbocycles. The van der Waals surface area contributed by atoms with Crippen LogP contribution in [0.3, 0.4) is 0 Å². The zero-order valence-corrected chi connectivity index (χ0v) is 9.25. The fraction of sp³-hybridized carbons (Fsp3) is 0.333. The number of aryl methyl sites for hydroxylation is 1. The Bertz CT molecular complexity index is 437. The second kappa shape index (κ2) is 5.26. The third kappa shape index (κ3) is 3.06. The highest BCUT2D eigenvalue weighted by molar-refractivity contribution is 5.95. The Balaban J connectivity index is 2.74. The van der Waals surface area contributed by atoms with Gasteiger partial charge in [0.05, 0.1) is 12.0 Å². The monoisotopic (exact) mass is 220 g/mol. The molecule has 0 heterocycles. The molecule has 1 unspecified atom stereocenters. The molecule has 0 radical (unpaired) electrons. The van der Waals surface area contributed by atoms with Gasteiger partial charge in [-0.2, -0.15) is 5.26 Å². The van der Waals surface area contributed by atoms with Gasteiger partial charge in [-0.15, -0.1) is 0 Å². The SMILES string of the molecule is Cc1ccc(F)cc1C(=O)NCC(C)C#N. The number of benzene rings is 1. The lowest BCUT2D eigenvalue weighted by Gasteiger charge is -2.08. The van der Waals surface area contributed by atoms with E-state index in [1.807, 2.05) is 6.07 Å². The highest BCUT2D eigenvalue weighted by Crippen LogP contribution is 2.10. The van der Waals surface area contributed by atoms with Crippen LogP contribution in [0.2, 0.25) is 0 Å². The number of amides is 1. The molecule has 0 saturated carbocycles. The summed E-state index contributed by atoms with van der Waals surface area (Å²) in [5.74, 6) is -1.04. The number of halogens is 1. The van der Waals surface area contributed by atoms with E-state index in [1.165, 1.54) is 12.1 Å². The number of rotatable bonds is 3. The van der Waals surface area contributed by atoms with E-state index < -0.39 is 5.82 Å². The van der Waals surface area contributed by atoms with E-state index in [-0.39, 0.29) is 18.4 Å². The van der Waals surface area contributed by atoms with Crippen molar-refractivity contribution in [1.82, 2.24) is 5.32 Å². The molecule has 0 saturated heterocycles. The van der Waals surface area contributed by atoms with Crippen LogP contribution in [0, 0.1) is 30.0 Å². The van der Waals surface area contributed by atoms with Gasteiger partial charge in [0.25, 0.3) is 5.91 Å². The van der Waals surface area contributed by atoms with E-state index in [1.54, 1.807) is 19.9 Å². The Morgan fingerprint density at radius 2 is 2.31 bits per heavy atom. The average molecular weight is 220 g/mol. The van der Waals surface area contributed by atoms with Crippen LogP contribution in [0.25, 0.3) is 0 Å². The van der Waals surface area contributed by atoms with Crippen LogP contribution in [0.5, 0.6) is 0 Å². The molecule has 4 heteroatoms. The van der Waals surface area contributed by atoms with E-state index in [4.69, 9.17) is 5.26 Å². The molecule has 84 valence electrons. The van der Waals surface area contributed by atoms with E-state index in [0.29, 0.717) is 11.1 Å². The molecule has 0 aliphatic carbocycles. The zero-order valence-electron chi connectivity index (χ0n) is 9.25. The van der Waals surface area contributed by atoms with Crippen molar-refractivity contribution in [3.8, 4) is 6.07 Å². The minimum absolute atomic E-state index is 0.252. The minimum Gasteiger partial charge on any atom is -0.351 e. The van der Waals surface area contributed by atoms with Gasteiger partial charge in [-0.3, -0.25) is 4.79 Å². The van der Waals surface area contributed by atoms with Crippen molar-refractivity contribution >= 4 is 5.91 Å². The van der Waals surface area contributed by atoms with Crippen LogP contribution in [-0.2, 0) is 0 Å². The van der Waals surface area contributed by atoms with Crippen molar-refractivity contribution < 1.29 is 9.18 Å². The number of nitriles is 1. The first kappa shape index (κ1) is 12.2. The number of carbonyl (C=O) groups excluding carboxylic acids is 1. The lowest BCUT2D eigenvalue weighted by molar-refractivity contribution is 0.0949. The van der Waals surface area contributed by atoms with Crippen LogP contribution in [-0.4, -0.2) is 12.5 Å². The van der Waals surface area contributed by atoms with Crippen molar-refractivity contribution in [3.05, 3.63) is 35.1 Å². The van der Waals surface area contributed by atoms with Gasteiger partial charge in [-0.05, 0) is 31.5 Å². The smallest absolute Gasteiger partial charge is 0.251 e. The van der Waals surface area contributed by atoms with Gasteiger partial charge in [0.15, 0.2) is 0 Å². The summed E-state index contributed by atoms with van der Waals surface area (Å²) in [5, 5.41) is 11.1. The summed E-state index contributed by atoms with van der Waals surface area (Å²) >= 11 is 0. The fourth-order valence-electron chi connectivity index (χ4n) is 1.23. The zero-order chi connectivity index (χ0) is 12.1. The second-order valence-electron chi connectivity index (χ2n) is 3.70. The van der Waals surface area contributed by atoms with Gasteiger partial charge in [0.2, 0.25) is 0 Å². The van der Waals surface area contributed by atoms with Crippen LogP contribution < -0.4 is 5.32 Å². The molecule has 0 spiro atoms. The maximum atomic E-state index is 12.9. The molecule has 0 aliphatic heterocycles. The maximum absolute atomic E-state index is 12.9. The fourth-order valence-corrected chi connectivity index (χ4v) is 1.23. The van der Waals surface area contributed by atoms with E-state index in [9.17, 15) is 9.18 Å². The predicted molar refractivity (Wildman–Crippen MR) is 58.2 cm³/mol. The van der Waals surface area contributed by atoms with Crippen molar-refractivity contribution in [1.29, 1.82) is 5.26 Å². The van der Waals surface area contributed by atoms with Gasteiger partial charge in [-0.1, -0.05) is 6.07 Å². The summed E-state index contributed by atoms with van der Waals surface area (Å²) in [5.41, 5.74) is 1.02. The van der Waals surface area contributed by atoms with Crippen LogP contribution in [0.15, 0.2) is 18.2 Å². The molecular weight excluding hydrogens is 207 g/mol. The normalized spacial score (nSPS) is 11.6. The highest BCUT2D eigenvalue weighted by Gasteiger charge is 2.10. The Morgan fingerprint density at radius 1 is 1.62 bits per heavy atom. The van der Waals surface area contributed by atoms with Crippen LogP contribution >= 0.6 is 0 Å². The van der Waals surface area contributed by atoms with Crippen molar-refractivity contribution in [3.63, 3.8) is 0 Å². The molecule has 1 aromatic rings. The standard InChI is InChI=1S/C12H13FN2O/c1-8(6-14)7-15-12(16)11-5-10(13)4-3-9(11)2/h3-5,8H,7H2,1-2H3,(H,15,16). The van der Waals surface area contributed by atoms with Gasteiger partial charge in [0.1, 0.15) is 5.82 Å². The Labute approximate surface area is 93.9 Å². The molecular formula is C12H13FN2O. The highest BCUT2D eigenvalue weighted by atomic mass is 19.1. The van der Waals surface area contributed by atoms with E-state index >= 15 is 0 Å². The molecule has 0 bridgehead atoms. The molecule has 16 heavy (non-hydrogen) atoms. The van der Waals surface area contributed by atoms with Crippen LogP contribution in [0.1, 0.15) is 22.8 Å². The molecule has 0 aliphatic rings. The number of carbonyl (C=O) groups is 1. The molecule has 1 N–H and O–H groups in total. The van der Waals surface area contributed by atoms with Crippen LogP contribution in [0.4, 0.5) is 4.39 Å². The van der Waals surface area contributed by atoms with Crippen molar-refractivity contribution in [2.75, 3.05) is 6.54 Å². The lowest BCUT2D eigenvalue weighted by Crippen LogP contribution is -2.28. The first-order chi connectivity index (χ1) is 7.54. The molecule has 0 aromatic heterocycles. The van der Waals surface area contributed by atoms with Crippen molar-refractivity contribution in [2.24, 2.45) is 5.92 Å². The molecule has 1 atom stereocenters. The summed E-state index contributed by atoms with van der Waals surface area (Å²) in [6.07, 6.45) is 0. The third-order valence-corrected chi connectivity index (χ3v) is 2.23. The molecule has 1 amide bonds. The molecule has 3 nitrogen and oxygen atoms in total. The first-order valence-corrected chi connectivity index (χ1v) is 4.98. The quantitative estimate of drug-likeness (QED) is 0.847. The first-order valence-electron chi connectivity index (χ1n) is 4.98. The number of hydrogen-bond donors (Lipinski definition) is 1. The van der Waals surface area contributed by atoms with Gasteiger partial charge >= 0.3 is 0 Å². The number of hydrogen-bond acceptors (Lipinski definition) is 2. The average Bonchev–Trinajstić information content (AvgIpc) is 2.28. The summed E-state index contributed by atoms with van der Waals surface area (Å²) < 4.78 is 12.9. The summed E-state index contributed by atoms with van der Waals surface area (Å²) in [7, 11) is 0. The maximum Gasteiger partial charge on any atom is 0.251 e. The third-order valence-electron chi connectivity index (χ3n) is 2.23. The lowest BCUT2D eigenvalue weighted by atomic mass is 10.1. The van der Waals surface area contributed by atoms with Gasteiger partial charge in [0, 0.05) is 12.1 Å². The number of nitrogens with zero attached hydrogens (tertiary/aromatic N) is 1. The molecule has 1 rings (SSSR count). The topological polar surface area (TPSA) is 52.9 Å². The summed E-state index contributed by atoms with van der Waals surface area (Å²) in [6.45, 7) is 3.71. The Morgan fingerprint density at radius 3 is 2.94 bits per heavy atom. The minimum atomic E-state index is -0.441. The van der Waals surface area contributed by atoms with Gasteiger partial charge < -0.3 is 5.32 Å². The summed E-state index contributed by atoms with van der Waals surface area (Å²) in [6, 6.07) is 6.07. The second-order valence-corrected chi connectivity index (χ2v) is 3.70. The van der Waals surface area contributed by atoms with E-state index in [2.05, 4.69) is 5.32 Å². The molecule has 0 fully saturated rings.